The first-order chi connectivity index (χ1) is 15.5. The van der Waals surface area contributed by atoms with E-state index in [-0.39, 0.29) is 12.8 Å². The maximum Gasteiger partial charge on any atom is 0.431 e. The van der Waals surface area contributed by atoms with Crippen molar-refractivity contribution < 1.29 is 76.2 Å². The number of aliphatic hydroxyl groups is 1. The molecule has 2 atom stereocenters. The second-order valence-electron chi connectivity index (χ2n) is 7.70. The second-order valence-corrected chi connectivity index (χ2v) is 9.16. The normalized spacial score (nSPS) is 21.0. The molecule has 0 heterocycles. The molecular formula is C17H20F10O7S. The van der Waals surface area contributed by atoms with Crippen LogP contribution in [0.5, 0.6) is 0 Å². The van der Waals surface area contributed by atoms with Gasteiger partial charge in [-0.05, 0) is 19.3 Å². The van der Waals surface area contributed by atoms with E-state index in [9.17, 15) is 62.2 Å². The minimum atomic E-state index is -6.49. The van der Waals surface area contributed by atoms with Crippen molar-refractivity contribution in [3.05, 3.63) is 12.2 Å². The Labute approximate surface area is 191 Å². The van der Waals surface area contributed by atoms with E-state index in [1.54, 1.807) is 0 Å². The molecule has 0 spiro atoms. The first-order valence-corrected chi connectivity index (χ1v) is 11.0. The lowest BCUT2D eigenvalue weighted by molar-refractivity contribution is -0.393. The molecule has 0 aromatic carbocycles. The molecule has 0 radical (unpaired) electrons. The Balaban J connectivity index is 2.82. The quantitative estimate of drug-likeness (QED) is 0.137. The third kappa shape index (κ3) is 6.56. The minimum absolute atomic E-state index is 0.0419. The Bertz CT molecular complexity index is 869. The van der Waals surface area contributed by atoms with Gasteiger partial charge in [0.15, 0.2) is 0 Å². The molecule has 1 rings (SSSR count). The Hall–Kier alpha value is -1.66. The molecule has 0 aliphatic heterocycles. The largest absolute Gasteiger partial charge is 0.459 e. The van der Waals surface area contributed by atoms with Gasteiger partial charge >= 0.3 is 39.6 Å². The Kier molecular flexibility index (Phi) is 9.30. The summed E-state index contributed by atoms with van der Waals surface area (Å²) in [4.78, 5) is 12.0. The van der Waals surface area contributed by atoms with Crippen molar-refractivity contribution in [3.63, 3.8) is 0 Å². The highest BCUT2D eigenvalue weighted by atomic mass is 32.2. The van der Waals surface area contributed by atoms with Crippen LogP contribution in [0.15, 0.2) is 12.2 Å². The SMILES string of the molecule is C=C(COCCC(F)(F)C(F)(F)S(=O)(=O)O)C(=O)OC1CCCCC1C(O)(C(F)(F)F)C(F)(F)F. The van der Waals surface area contributed by atoms with Crippen LogP contribution >= 0.6 is 0 Å². The highest BCUT2D eigenvalue weighted by Gasteiger charge is 2.75. The van der Waals surface area contributed by atoms with Gasteiger partial charge in [0.1, 0.15) is 6.10 Å². The highest BCUT2D eigenvalue weighted by molar-refractivity contribution is 7.87. The molecule has 206 valence electrons. The summed E-state index contributed by atoms with van der Waals surface area (Å²) >= 11 is 0. The van der Waals surface area contributed by atoms with Gasteiger partial charge in [-0.25, -0.2) is 4.79 Å². The van der Waals surface area contributed by atoms with E-state index in [0.29, 0.717) is 0 Å². The summed E-state index contributed by atoms with van der Waals surface area (Å²) in [5.41, 5.74) is -6.02. The van der Waals surface area contributed by atoms with Crippen molar-refractivity contribution in [2.24, 2.45) is 5.92 Å². The summed E-state index contributed by atoms with van der Waals surface area (Å²) in [6.07, 6.45) is -17.8. The number of halogens is 10. The standard InChI is InChI=1S/C17H20F10O7S/c1-9(8-33-7-6-13(18,19)17(26,27)35(30,31)32)12(28)34-11-5-3-2-4-10(11)14(29,15(20,21)22)16(23,24)25/h10-11,29H,1-8H2,(H,30,31,32). The molecule has 2 unspecified atom stereocenters. The van der Waals surface area contributed by atoms with E-state index in [1.807, 2.05) is 0 Å². The summed E-state index contributed by atoms with van der Waals surface area (Å²) < 4.78 is 170. The molecule has 1 aliphatic rings. The van der Waals surface area contributed by atoms with Gasteiger partial charge in [-0.15, -0.1) is 0 Å². The molecule has 0 aromatic rings. The molecule has 1 aliphatic carbocycles. The predicted octanol–water partition coefficient (Wildman–Crippen LogP) is 4.02. The zero-order valence-corrected chi connectivity index (χ0v) is 18.3. The summed E-state index contributed by atoms with van der Waals surface area (Å²) in [6, 6.07) is 0. The van der Waals surface area contributed by atoms with Gasteiger partial charge in [0.2, 0.25) is 0 Å². The first kappa shape index (κ1) is 31.4. The Morgan fingerprint density at radius 3 is 1.89 bits per heavy atom. The van der Waals surface area contributed by atoms with Crippen LogP contribution < -0.4 is 0 Å². The van der Waals surface area contributed by atoms with Crippen LogP contribution in [0.25, 0.3) is 0 Å². The molecule has 0 saturated heterocycles. The fourth-order valence-electron chi connectivity index (χ4n) is 3.31. The minimum Gasteiger partial charge on any atom is -0.459 e. The lowest BCUT2D eigenvalue weighted by Crippen LogP contribution is -2.65. The number of rotatable bonds is 10. The summed E-state index contributed by atoms with van der Waals surface area (Å²) in [5.74, 6) is -9.55. The molecule has 7 nitrogen and oxygen atoms in total. The van der Waals surface area contributed by atoms with Crippen LogP contribution in [0.3, 0.4) is 0 Å². The fourth-order valence-corrected chi connectivity index (χ4v) is 3.79. The first-order valence-electron chi connectivity index (χ1n) is 9.55. The van der Waals surface area contributed by atoms with Gasteiger partial charge in [0, 0.05) is 12.3 Å². The van der Waals surface area contributed by atoms with Crippen LogP contribution in [0.4, 0.5) is 43.9 Å². The maximum atomic E-state index is 13.3. The van der Waals surface area contributed by atoms with Gasteiger partial charge in [-0.1, -0.05) is 13.0 Å². The van der Waals surface area contributed by atoms with Gasteiger partial charge in [-0.2, -0.15) is 52.3 Å². The molecule has 0 aromatic heterocycles. The van der Waals surface area contributed by atoms with Crippen molar-refractivity contribution in [2.45, 2.75) is 67.3 Å². The smallest absolute Gasteiger partial charge is 0.431 e. The van der Waals surface area contributed by atoms with Gasteiger partial charge < -0.3 is 14.6 Å². The average molecular weight is 558 g/mol. The van der Waals surface area contributed by atoms with Crippen LogP contribution in [0.1, 0.15) is 32.1 Å². The van der Waals surface area contributed by atoms with Crippen molar-refractivity contribution in [3.8, 4) is 0 Å². The van der Waals surface area contributed by atoms with E-state index in [2.05, 4.69) is 16.1 Å². The molecular weight excluding hydrogens is 538 g/mol. The predicted molar refractivity (Wildman–Crippen MR) is 94.9 cm³/mol. The third-order valence-electron chi connectivity index (χ3n) is 5.24. The van der Waals surface area contributed by atoms with Crippen molar-refractivity contribution >= 4 is 16.1 Å². The summed E-state index contributed by atoms with van der Waals surface area (Å²) in [6.45, 7) is 0.651. The molecule has 0 bridgehead atoms. The zero-order valence-electron chi connectivity index (χ0n) is 17.4. The lowest BCUT2D eigenvalue weighted by Gasteiger charge is -2.43. The fraction of sp³-hybridized carbons (Fsp3) is 0.824. The van der Waals surface area contributed by atoms with E-state index in [4.69, 9.17) is 4.55 Å². The topological polar surface area (TPSA) is 110 Å². The van der Waals surface area contributed by atoms with Crippen LogP contribution in [0, 0.1) is 5.92 Å². The number of alkyl halides is 10. The van der Waals surface area contributed by atoms with E-state index in [0.717, 1.165) is 0 Å². The molecule has 18 heteroatoms. The maximum absolute atomic E-state index is 13.3. The number of esters is 1. The zero-order chi connectivity index (χ0) is 27.7. The van der Waals surface area contributed by atoms with Crippen LogP contribution in [-0.2, 0) is 24.4 Å². The van der Waals surface area contributed by atoms with Crippen molar-refractivity contribution in [2.75, 3.05) is 13.2 Å². The average Bonchev–Trinajstić information content (AvgIpc) is 2.68. The number of carbonyl (C=O) groups excluding carboxylic acids is 1. The van der Waals surface area contributed by atoms with Crippen LogP contribution in [-0.4, -0.2) is 72.5 Å². The van der Waals surface area contributed by atoms with Gasteiger partial charge in [0.05, 0.1) is 18.8 Å². The molecule has 0 amide bonds. The highest BCUT2D eigenvalue weighted by Crippen LogP contribution is 2.52. The van der Waals surface area contributed by atoms with E-state index in [1.165, 1.54) is 0 Å². The number of hydrogen-bond donors (Lipinski definition) is 2. The molecule has 1 saturated carbocycles. The summed E-state index contributed by atoms with van der Waals surface area (Å²) in [5, 5.41) is 3.75. The molecule has 1 fully saturated rings. The monoisotopic (exact) mass is 558 g/mol. The Morgan fingerprint density at radius 2 is 1.43 bits per heavy atom. The molecule has 35 heavy (non-hydrogen) atoms. The van der Waals surface area contributed by atoms with Crippen LogP contribution in [0.2, 0.25) is 0 Å². The van der Waals surface area contributed by atoms with Gasteiger partial charge in [-0.3, -0.25) is 4.55 Å². The number of hydrogen-bond acceptors (Lipinski definition) is 6. The van der Waals surface area contributed by atoms with E-state index < -0.39 is 95.3 Å². The second kappa shape index (κ2) is 10.4. The van der Waals surface area contributed by atoms with E-state index >= 15 is 0 Å². The number of carbonyl (C=O) groups is 1. The summed E-state index contributed by atoms with van der Waals surface area (Å²) in [7, 11) is -6.49. The number of ether oxygens (including phenoxy) is 2. The lowest BCUT2D eigenvalue weighted by atomic mass is 9.74. The molecule has 2 N–H and O–H groups in total. The third-order valence-corrected chi connectivity index (χ3v) is 6.18. The van der Waals surface area contributed by atoms with Crippen molar-refractivity contribution in [1.29, 1.82) is 0 Å². The van der Waals surface area contributed by atoms with Gasteiger partial charge in [0.25, 0.3) is 5.60 Å². The Morgan fingerprint density at radius 1 is 0.943 bits per heavy atom. The van der Waals surface area contributed by atoms with Crippen molar-refractivity contribution in [1.82, 2.24) is 0 Å².